The summed E-state index contributed by atoms with van der Waals surface area (Å²) in [5.41, 5.74) is 0.752. The first-order chi connectivity index (χ1) is 10.6. The van der Waals surface area contributed by atoms with Gasteiger partial charge < -0.3 is 5.32 Å². The number of amides is 1. The van der Waals surface area contributed by atoms with Gasteiger partial charge in [0.25, 0.3) is 0 Å². The van der Waals surface area contributed by atoms with Crippen molar-refractivity contribution in [2.24, 2.45) is 0 Å². The molecule has 1 aliphatic carbocycles. The minimum atomic E-state index is -0.436. The molecule has 0 radical (unpaired) electrons. The average Bonchev–Trinajstić information content (AvgIpc) is 3.12. The van der Waals surface area contributed by atoms with Crippen molar-refractivity contribution < 1.29 is 9.18 Å². The van der Waals surface area contributed by atoms with E-state index in [0.717, 1.165) is 25.7 Å². The number of hydrogen-bond donors (Lipinski definition) is 2. The monoisotopic (exact) mass is 303 g/mol. The Bertz CT molecular complexity index is 665. The van der Waals surface area contributed by atoms with E-state index in [1.165, 1.54) is 6.07 Å². The first-order valence-corrected chi connectivity index (χ1v) is 7.39. The number of nitrogens with one attached hydrogen (secondary N) is 2. The third kappa shape index (κ3) is 3.13. The molecule has 1 aromatic carbocycles. The second kappa shape index (κ2) is 5.82. The standard InChI is InChI=1S/C15H18FN5O/c1-15(6-2-3-7-15)17-13(22)9-10-4-5-11(8-12(10)16)14-18-20-21-19-14/h4-5,8H,2-3,6-7,9H2,1H3,(H,17,22)(H,18,19,20,21). The topological polar surface area (TPSA) is 83.6 Å². The number of tetrazole rings is 1. The maximum Gasteiger partial charge on any atom is 0.224 e. The highest BCUT2D eigenvalue weighted by atomic mass is 19.1. The summed E-state index contributed by atoms with van der Waals surface area (Å²) in [5, 5.41) is 16.4. The van der Waals surface area contributed by atoms with Gasteiger partial charge in [0.15, 0.2) is 0 Å². The summed E-state index contributed by atoms with van der Waals surface area (Å²) in [6.45, 7) is 2.05. The summed E-state index contributed by atoms with van der Waals surface area (Å²) in [6.07, 6.45) is 4.26. The number of halogens is 1. The number of aromatic amines is 1. The van der Waals surface area contributed by atoms with E-state index in [1.807, 2.05) is 6.92 Å². The van der Waals surface area contributed by atoms with E-state index < -0.39 is 5.82 Å². The molecule has 7 heteroatoms. The number of benzene rings is 1. The summed E-state index contributed by atoms with van der Waals surface area (Å²) in [5.74, 6) is -0.252. The number of carbonyl (C=O) groups excluding carboxylic acids is 1. The molecule has 0 bridgehead atoms. The molecule has 0 saturated heterocycles. The van der Waals surface area contributed by atoms with Crippen molar-refractivity contribution in [2.75, 3.05) is 0 Å². The molecule has 1 aliphatic rings. The molecule has 1 aromatic heterocycles. The Kier molecular flexibility index (Phi) is 3.87. The van der Waals surface area contributed by atoms with Gasteiger partial charge in [-0.1, -0.05) is 25.0 Å². The van der Waals surface area contributed by atoms with Crippen LogP contribution in [0.3, 0.4) is 0 Å². The fraction of sp³-hybridized carbons (Fsp3) is 0.467. The van der Waals surface area contributed by atoms with Crippen molar-refractivity contribution in [3.63, 3.8) is 0 Å². The Balaban J connectivity index is 1.69. The predicted octanol–water partition coefficient (Wildman–Crippen LogP) is 2.00. The third-order valence-electron chi connectivity index (χ3n) is 4.16. The molecule has 0 aliphatic heterocycles. The van der Waals surface area contributed by atoms with E-state index in [-0.39, 0.29) is 17.9 Å². The van der Waals surface area contributed by atoms with Gasteiger partial charge in [0, 0.05) is 11.1 Å². The SMILES string of the molecule is CC1(NC(=O)Cc2ccc(-c3nn[nH]n3)cc2F)CCCC1. The molecule has 3 rings (SSSR count). The van der Waals surface area contributed by atoms with Crippen molar-refractivity contribution in [1.29, 1.82) is 0 Å². The zero-order valence-corrected chi connectivity index (χ0v) is 12.4. The summed E-state index contributed by atoms with van der Waals surface area (Å²) < 4.78 is 14.1. The van der Waals surface area contributed by atoms with Crippen LogP contribution in [0.5, 0.6) is 0 Å². The van der Waals surface area contributed by atoms with E-state index in [1.54, 1.807) is 12.1 Å². The van der Waals surface area contributed by atoms with Gasteiger partial charge >= 0.3 is 0 Å². The van der Waals surface area contributed by atoms with Crippen LogP contribution in [0.2, 0.25) is 0 Å². The number of H-pyrrole nitrogens is 1. The largest absolute Gasteiger partial charge is 0.351 e. The maximum atomic E-state index is 14.1. The third-order valence-corrected chi connectivity index (χ3v) is 4.16. The molecular formula is C15H18FN5O. The molecule has 116 valence electrons. The highest BCUT2D eigenvalue weighted by Crippen LogP contribution is 2.29. The Labute approximate surface area is 127 Å². The van der Waals surface area contributed by atoms with Gasteiger partial charge in [0.2, 0.25) is 11.7 Å². The van der Waals surface area contributed by atoms with Crippen LogP contribution < -0.4 is 5.32 Å². The Morgan fingerprint density at radius 3 is 2.82 bits per heavy atom. The molecular weight excluding hydrogens is 285 g/mol. The van der Waals surface area contributed by atoms with Crippen molar-refractivity contribution >= 4 is 5.91 Å². The van der Waals surface area contributed by atoms with Crippen molar-refractivity contribution in [1.82, 2.24) is 25.9 Å². The van der Waals surface area contributed by atoms with Crippen LogP contribution in [-0.4, -0.2) is 32.1 Å². The van der Waals surface area contributed by atoms with E-state index in [2.05, 4.69) is 25.9 Å². The van der Waals surface area contributed by atoms with Gasteiger partial charge in [0.1, 0.15) is 5.82 Å². The van der Waals surface area contributed by atoms with Crippen LogP contribution in [-0.2, 0) is 11.2 Å². The fourth-order valence-corrected chi connectivity index (χ4v) is 2.95. The highest BCUT2D eigenvalue weighted by Gasteiger charge is 2.30. The molecule has 22 heavy (non-hydrogen) atoms. The number of hydrogen-bond acceptors (Lipinski definition) is 4. The van der Waals surface area contributed by atoms with Gasteiger partial charge in [-0.3, -0.25) is 4.79 Å². The van der Waals surface area contributed by atoms with Crippen molar-refractivity contribution in [3.05, 3.63) is 29.6 Å². The minimum Gasteiger partial charge on any atom is -0.351 e. The van der Waals surface area contributed by atoms with Gasteiger partial charge in [0.05, 0.1) is 6.42 Å². The smallest absolute Gasteiger partial charge is 0.224 e. The molecule has 6 nitrogen and oxygen atoms in total. The highest BCUT2D eigenvalue weighted by molar-refractivity contribution is 5.79. The average molecular weight is 303 g/mol. The Morgan fingerprint density at radius 2 is 2.18 bits per heavy atom. The van der Waals surface area contributed by atoms with Crippen LogP contribution in [0.4, 0.5) is 4.39 Å². The maximum absolute atomic E-state index is 14.1. The van der Waals surface area contributed by atoms with Crippen LogP contribution in [0.1, 0.15) is 38.2 Å². The molecule has 0 unspecified atom stereocenters. The summed E-state index contributed by atoms with van der Waals surface area (Å²) >= 11 is 0. The lowest BCUT2D eigenvalue weighted by molar-refractivity contribution is -0.122. The minimum absolute atomic E-state index is 0.0357. The van der Waals surface area contributed by atoms with Crippen molar-refractivity contribution in [2.45, 2.75) is 44.6 Å². The van der Waals surface area contributed by atoms with Crippen LogP contribution in [0.15, 0.2) is 18.2 Å². The quantitative estimate of drug-likeness (QED) is 0.905. The molecule has 1 fully saturated rings. The number of carbonyl (C=O) groups is 1. The summed E-state index contributed by atoms with van der Waals surface area (Å²) in [7, 11) is 0. The van der Waals surface area contributed by atoms with Crippen molar-refractivity contribution in [3.8, 4) is 11.4 Å². The van der Waals surface area contributed by atoms with Crippen LogP contribution in [0, 0.1) is 5.82 Å². The second-order valence-corrected chi connectivity index (χ2v) is 6.03. The molecule has 1 saturated carbocycles. The van der Waals surface area contributed by atoms with Gasteiger partial charge in [-0.25, -0.2) is 4.39 Å². The van der Waals surface area contributed by atoms with Gasteiger partial charge in [-0.2, -0.15) is 5.21 Å². The lowest BCUT2D eigenvalue weighted by atomic mass is 10.00. The van der Waals surface area contributed by atoms with E-state index in [9.17, 15) is 9.18 Å². The fourth-order valence-electron chi connectivity index (χ4n) is 2.95. The zero-order valence-electron chi connectivity index (χ0n) is 12.4. The predicted molar refractivity (Wildman–Crippen MR) is 78.3 cm³/mol. The molecule has 1 amide bonds. The summed E-state index contributed by atoms with van der Waals surface area (Å²) in [4.78, 5) is 12.1. The van der Waals surface area contributed by atoms with E-state index in [0.29, 0.717) is 17.0 Å². The lowest BCUT2D eigenvalue weighted by Gasteiger charge is -2.25. The Morgan fingerprint density at radius 1 is 1.41 bits per heavy atom. The molecule has 2 N–H and O–H groups in total. The van der Waals surface area contributed by atoms with Gasteiger partial charge in [-0.05, 0) is 36.6 Å². The number of nitrogens with zero attached hydrogens (tertiary/aromatic N) is 3. The molecule has 0 atom stereocenters. The first kappa shape index (κ1) is 14.6. The van der Waals surface area contributed by atoms with Gasteiger partial charge in [-0.15, -0.1) is 10.2 Å². The van der Waals surface area contributed by atoms with E-state index in [4.69, 9.17) is 0 Å². The zero-order chi connectivity index (χ0) is 15.6. The van der Waals surface area contributed by atoms with Crippen LogP contribution in [0.25, 0.3) is 11.4 Å². The molecule has 1 heterocycles. The first-order valence-electron chi connectivity index (χ1n) is 7.39. The molecule has 0 spiro atoms. The number of rotatable bonds is 4. The lowest BCUT2D eigenvalue weighted by Crippen LogP contribution is -2.44. The normalized spacial score (nSPS) is 16.6. The summed E-state index contributed by atoms with van der Waals surface area (Å²) in [6, 6.07) is 4.61. The Hall–Kier alpha value is -2.31. The number of aromatic nitrogens is 4. The van der Waals surface area contributed by atoms with E-state index >= 15 is 0 Å². The second-order valence-electron chi connectivity index (χ2n) is 6.03. The van der Waals surface area contributed by atoms with Crippen LogP contribution >= 0.6 is 0 Å². The molecule has 2 aromatic rings.